The van der Waals surface area contributed by atoms with Crippen LogP contribution >= 0.6 is 23.5 Å². The van der Waals surface area contributed by atoms with Gasteiger partial charge in [-0.2, -0.15) is 4.98 Å². The Labute approximate surface area is 138 Å². The largest absolute Gasteiger partial charge is 0.464 e. The van der Waals surface area contributed by atoms with Crippen LogP contribution in [0.2, 0.25) is 5.28 Å². The van der Waals surface area contributed by atoms with E-state index in [1.807, 2.05) is 24.4 Å². The van der Waals surface area contributed by atoms with Gasteiger partial charge in [0.25, 0.3) is 0 Å². The molecule has 2 heterocycles. The minimum atomic E-state index is -0.588. The van der Waals surface area contributed by atoms with Crippen LogP contribution in [0.1, 0.15) is 24.3 Å². The van der Waals surface area contributed by atoms with Gasteiger partial charge in [-0.05, 0) is 25.4 Å². The number of carbonyl (C=O) groups excluding carboxylic acids is 1. The van der Waals surface area contributed by atoms with Crippen molar-refractivity contribution in [2.45, 2.75) is 25.7 Å². The van der Waals surface area contributed by atoms with Gasteiger partial charge in [0.05, 0.1) is 20.3 Å². The smallest absolute Gasteiger partial charge is 0.356 e. The molecule has 1 aromatic heterocycles. The van der Waals surface area contributed by atoms with Crippen LogP contribution in [0.3, 0.4) is 0 Å². The number of esters is 1. The molecule has 22 heavy (non-hydrogen) atoms. The van der Waals surface area contributed by atoms with Gasteiger partial charge in [-0.3, -0.25) is 4.31 Å². The third kappa shape index (κ3) is 4.22. The van der Waals surface area contributed by atoms with Gasteiger partial charge in [-0.25, -0.2) is 9.78 Å². The van der Waals surface area contributed by atoms with E-state index in [4.69, 9.17) is 21.1 Å². The summed E-state index contributed by atoms with van der Waals surface area (Å²) in [4.78, 5) is 19.6. The number of hydrogen-bond donors (Lipinski definition) is 0. The number of aromatic nitrogens is 2. The first kappa shape index (κ1) is 17.3. The average molecular weight is 348 g/mol. The second-order valence-corrected chi connectivity index (χ2v) is 6.21. The van der Waals surface area contributed by atoms with Gasteiger partial charge < -0.3 is 14.2 Å². The average Bonchev–Trinajstić information content (AvgIpc) is 2.82. The standard InChI is InChI=1S/C13H18ClN3O4S/c1-13(2)20-7-8(21-13)6-17(22-4)10-5-9(11(18)19-3)15-12(14)16-10/h5,8H,6-7H2,1-4H3. The normalized spacial score (nSPS) is 20.0. The van der Waals surface area contributed by atoms with E-state index in [2.05, 4.69) is 14.7 Å². The summed E-state index contributed by atoms with van der Waals surface area (Å²) in [6.07, 6.45) is 1.80. The molecule has 0 aliphatic carbocycles. The molecule has 1 aromatic rings. The van der Waals surface area contributed by atoms with Gasteiger partial charge in [-0.1, -0.05) is 11.9 Å². The number of methoxy groups -OCH3 is 1. The number of anilines is 1. The van der Waals surface area contributed by atoms with E-state index in [9.17, 15) is 4.79 Å². The van der Waals surface area contributed by atoms with Crippen molar-refractivity contribution in [1.29, 1.82) is 0 Å². The molecule has 2 rings (SSSR count). The molecule has 1 saturated heterocycles. The number of nitrogens with zero attached hydrogens (tertiary/aromatic N) is 3. The van der Waals surface area contributed by atoms with Gasteiger partial charge in [0, 0.05) is 12.3 Å². The molecule has 0 amide bonds. The zero-order chi connectivity index (χ0) is 16.3. The molecule has 1 aliphatic heterocycles. The minimum absolute atomic E-state index is 0.0131. The molecule has 0 bridgehead atoms. The monoisotopic (exact) mass is 347 g/mol. The Hall–Kier alpha value is -1.09. The van der Waals surface area contributed by atoms with E-state index < -0.39 is 11.8 Å². The summed E-state index contributed by atoms with van der Waals surface area (Å²) in [6, 6.07) is 1.54. The SMILES string of the molecule is COC(=O)c1cc(N(CC2COC(C)(C)O2)SC)nc(Cl)n1. The lowest BCUT2D eigenvalue weighted by Crippen LogP contribution is -2.31. The van der Waals surface area contributed by atoms with Crippen LogP contribution in [0.4, 0.5) is 5.82 Å². The van der Waals surface area contributed by atoms with Crippen molar-refractivity contribution in [2.75, 3.05) is 30.8 Å². The molecular formula is C13H18ClN3O4S. The van der Waals surface area contributed by atoms with Gasteiger partial charge >= 0.3 is 5.97 Å². The predicted octanol–water partition coefficient (Wildman–Crippen LogP) is 2.15. The predicted molar refractivity (Wildman–Crippen MR) is 84.1 cm³/mol. The quantitative estimate of drug-likeness (QED) is 0.455. The fourth-order valence-electron chi connectivity index (χ4n) is 2.04. The Balaban J connectivity index is 2.17. The molecular weight excluding hydrogens is 330 g/mol. The summed E-state index contributed by atoms with van der Waals surface area (Å²) in [5.41, 5.74) is 0.112. The summed E-state index contributed by atoms with van der Waals surface area (Å²) in [5.74, 6) is -0.635. The van der Waals surface area contributed by atoms with Crippen molar-refractivity contribution < 1.29 is 19.0 Å². The van der Waals surface area contributed by atoms with Crippen LogP contribution in [0.25, 0.3) is 0 Å². The van der Waals surface area contributed by atoms with Crippen LogP contribution in [-0.4, -0.2) is 54.3 Å². The highest BCUT2D eigenvalue weighted by Crippen LogP contribution is 2.27. The number of carbonyl (C=O) groups is 1. The van der Waals surface area contributed by atoms with E-state index in [1.54, 1.807) is 0 Å². The number of halogens is 1. The maximum Gasteiger partial charge on any atom is 0.356 e. The molecule has 0 saturated carbocycles. The molecule has 1 fully saturated rings. The van der Waals surface area contributed by atoms with Crippen molar-refractivity contribution in [3.05, 3.63) is 17.0 Å². The summed E-state index contributed by atoms with van der Waals surface area (Å²) >= 11 is 7.34. The summed E-state index contributed by atoms with van der Waals surface area (Å²) < 4.78 is 17.9. The zero-order valence-corrected chi connectivity index (χ0v) is 14.4. The molecule has 1 atom stereocenters. The number of ether oxygens (including phenoxy) is 3. The molecule has 0 aromatic carbocycles. The van der Waals surface area contributed by atoms with Gasteiger partial charge in [0.2, 0.25) is 5.28 Å². The molecule has 0 spiro atoms. The maximum atomic E-state index is 11.6. The highest BCUT2D eigenvalue weighted by Gasteiger charge is 2.34. The van der Waals surface area contributed by atoms with E-state index in [-0.39, 0.29) is 17.1 Å². The van der Waals surface area contributed by atoms with Crippen molar-refractivity contribution in [3.63, 3.8) is 0 Å². The topological polar surface area (TPSA) is 73.8 Å². The van der Waals surface area contributed by atoms with Crippen molar-refractivity contribution >= 4 is 35.3 Å². The van der Waals surface area contributed by atoms with Crippen LogP contribution in [0.15, 0.2) is 6.07 Å². The first-order valence-electron chi connectivity index (χ1n) is 6.61. The molecule has 0 N–H and O–H groups in total. The van der Waals surface area contributed by atoms with Crippen molar-refractivity contribution in [2.24, 2.45) is 0 Å². The third-order valence-corrected chi connectivity index (χ3v) is 3.94. The molecule has 0 radical (unpaired) electrons. The highest BCUT2D eigenvalue weighted by atomic mass is 35.5. The lowest BCUT2D eigenvalue weighted by atomic mass is 10.3. The van der Waals surface area contributed by atoms with Crippen LogP contribution in [0, 0.1) is 0 Å². The summed E-state index contributed by atoms with van der Waals surface area (Å²) in [7, 11) is 1.29. The Morgan fingerprint density at radius 2 is 2.32 bits per heavy atom. The molecule has 1 aliphatic rings. The minimum Gasteiger partial charge on any atom is -0.464 e. The van der Waals surface area contributed by atoms with Crippen LogP contribution in [-0.2, 0) is 14.2 Å². The number of rotatable bonds is 5. The van der Waals surface area contributed by atoms with Crippen molar-refractivity contribution in [1.82, 2.24) is 9.97 Å². The Morgan fingerprint density at radius 3 is 2.86 bits per heavy atom. The molecule has 122 valence electrons. The summed E-state index contributed by atoms with van der Waals surface area (Å²) in [5, 5.41) is -0.0131. The fraction of sp³-hybridized carbons (Fsp3) is 0.615. The Morgan fingerprint density at radius 1 is 1.59 bits per heavy atom. The third-order valence-electron chi connectivity index (χ3n) is 2.99. The molecule has 9 heteroatoms. The summed E-state index contributed by atoms with van der Waals surface area (Å²) in [6.45, 7) is 4.77. The van der Waals surface area contributed by atoms with Gasteiger partial charge in [0.1, 0.15) is 11.9 Å². The first-order valence-corrected chi connectivity index (χ1v) is 8.17. The van der Waals surface area contributed by atoms with Gasteiger partial charge in [0.15, 0.2) is 11.5 Å². The fourth-order valence-corrected chi connectivity index (χ4v) is 2.82. The maximum absolute atomic E-state index is 11.6. The lowest BCUT2D eigenvalue weighted by molar-refractivity contribution is -0.136. The lowest BCUT2D eigenvalue weighted by Gasteiger charge is -2.24. The highest BCUT2D eigenvalue weighted by molar-refractivity contribution is 7.99. The van der Waals surface area contributed by atoms with E-state index in [1.165, 1.54) is 25.1 Å². The van der Waals surface area contributed by atoms with Crippen LogP contribution < -0.4 is 4.31 Å². The second-order valence-electron chi connectivity index (χ2n) is 5.07. The van der Waals surface area contributed by atoms with E-state index in [0.29, 0.717) is 19.0 Å². The second kappa shape index (κ2) is 6.99. The Kier molecular flexibility index (Phi) is 5.49. The zero-order valence-electron chi connectivity index (χ0n) is 12.8. The first-order chi connectivity index (χ1) is 10.3. The van der Waals surface area contributed by atoms with Crippen LogP contribution in [0.5, 0.6) is 0 Å². The number of hydrogen-bond acceptors (Lipinski definition) is 8. The molecule has 1 unspecified atom stereocenters. The van der Waals surface area contributed by atoms with Gasteiger partial charge in [-0.15, -0.1) is 0 Å². The molecule has 7 nitrogen and oxygen atoms in total. The van der Waals surface area contributed by atoms with Crippen molar-refractivity contribution in [3.8, 4) is 0 Å². The Bertz CT molecular complexity index is 558. The van der Waals surface area contributed by atoms with E-state index >= 15 is 0 Å². The van der Waals surface area contributed by atoms with E-state index in [0.717, 1.165) is 0 Å².